The van der Waals surface area contributed by atoms with Crippen molar-refractivity contribution in [2.24, 2.45) is 10.7 Å². The van der Waals surface area contributed by atoms with Crippen LogP contribution in [0.1, 0.15) is 45.1 Å². The number of pyridine rings is 1. The maximum Gasteiger partial charge on any atom is 0.354 e. The highest BCUT2D eigenvalue weighted by atomic mass is 16.5. The number of ether oxygens (including phenoxy) is 2. The second-order valence-electron chi connectivity index (χ2n) is 7.34. The molecule has 1 saturated heterocycles. The number of hydrogen-bond acceptors (Lipinski definition) is 9. The first kappa shape index (κ1) is 23.9. The maximum absolute atomic E-state index is 12.2. The van der Waals surface area contributed by atoms with Crippen molar-refractivity contribution in [2.75, 3.05) is 31.7 Å². The largest absolute Gasteiger partial charge is 0.469 e. The fourth-order valence-corrected chi connectivity index (χ4v) is 3.34. The minimum Gasteiger partial charge on any atom is -0.469 e. The molecule has 0 radical (unpaired) electrons. The molecule has 9 heteroatoms. The SMILES string of the molecule is CCOC(=O)C(N)=C1CN(c2ccc(C(CC#N)C(=O)OC)cn2)CCC1=NC(C)C. The minimum atomic E-state index is -0.683. The Morgan fingerprint density at radius 2 is 2.13 bits per heavy atom. The Kier molecular flexibility index (Phi) is 8.55. The van der Waals surface area contributed by atoms with Gasteiger partial charge >= 0.3 is 11.9 Å². The number of nitriles is 1. The first-order valence-corrected chi connectivity index (χ1v) is 10.2. The van der Waals surface area contributed by atoms with E-state index in [1.54, 1.807) is 25.3 Å². The second kappa shape index (κ2) is 11.1. The molecule has 1 aliphatic rings. The molecule has 31 heavy (non-hydrogen) atoms. The van der Waals surface area contributed by atoms with Gasteiger partial charge in [-0.2, -0.15) is 5.26 Å². The molecule has 2 heterocycles. The van der Waals surface area contributed by atoms with Crippen molar-refractivity contribution in [2.45, 2.75) is 45.6 Å². The van der Waals surface area contributed by atoms with Gasteiger partial charge in [0.25, 0.3) is 0 Å². The lowest BCUT2D eigenvalue weighted by Crippen LogP contribution is -2.39. The normalized spacial score (nSPS) is 17.8. The molecule has 166 valence electrons. The number of methoxy groups -OCH3 is 1. The molecule has 2 N–H and O–H groups in total. The van der Waals surface area contributed by atoms with Gasteiger partial charge in [-0.05, 0) is 32.4 Å². The van der Waals surface area contributed by atoms with Gasteiger partial charge in [0.1, 0.15) is 11.5 Å². The Morgan fingerprint density at radius 3 is 2.68 bits per heavy atom. The van der Waals surface area contributed by atoms with Crippen molar-refractivity contribution < 1.29 is 19.1 Å². The average molecular weight is 428 g/mol. The molecule has 1 fully saturated rings. The van der Waals surface area contributed by atoms with Crippen LogP contribution in [0.3, 0.4) is 0 Å². The van der Waals surface area contributed by atoms with Crippen LogP contribution in [0.4, 0.5) is 5.82 Å². The zero-order valence-electron chi connectivity index (χ0n) is 18.4. The van der Waals surface area contributed by atoms with Gasteiger partial charge in [0.05, 0.1) is 32.1 Å². The zero-order chi connectivity index (χ0) is 23.0. The van der Waals surface area contributed by atoms with E-state index in [1.165, 1.54) is 7.11 Å². The van der Waals surface area contributed by atoms with Gasteiger partial charge in [0.2, 0.25) is 0 Å². The summed E-state index contributed by atoms with van der Waals surface area (Å²) < 4.78 is 9.85. The lowest BCUT2D eigenvalue weighted by atomic mass is 9.97. The molecule has 9 nitrogen and oxygen atoms in total. The van der Waals surface area contributed by atoms with Crippen LogP contribution in [0.2, 0.25) is 0 Å². The predicted molar refractivity (Wildman–Crippen MR) is 116 cm³/mol. The van der Waals surface area contributed by atoms with Crippen molar-refractivity contribution in [3.8, 4) is 6.07 Å². The molecule has 0 amide bonds. The fourth-order valence-electron chi connectivity index (χ4n) is 3.34. The number of aromatic nitrogens is 1. The second-order valence-corrected chi connectivity index (χ2v) is 7.34. The summed E-state index contributed by atoms with van der Waals surface area (Å²) in [6.07, 6.45) is 2.19. The molecular weight excluding hydrogens is 398 g/mol. The molecule has 0 aromatic carbocycles. The van der Waals surface area contributed by atoms with E-state index < -0.39 is 17.9 Å². The first-order valence-electron chi connectivity index (χ1n) is 10.2. The van der Waals surface area contributed by atoms with Crippen LogP contribution < -0.4 is 10.6 Å². The molecule has 1 atom stereocenters. The standard InChI is InChI=1S/C22H29N5O4/c1-5-31-22(29)20(24)17-13-27(11-9-18(17)26-14(2)3)19-7-6-15(12-25-19)16(8-10-23)21(28)30-4/h6-7,12,14,16H,5,8-9,11,13,24H2,1-4H3. The summed E-state index contributed by atoms with van der Waals surface area (Å²) in [6.45, 7) is 6.91. The third kappa shape index (κ3) is 6.04. The van der Waals surface area contributed by atoms with Crippen molar-refractivity contribution in [1.82, 2.24) is 4.98 Å². The van der Waals surface area contributed by atoms with Crippen LogP contribution in [0.25, 0.3) is 0 Å². The lowest BCUT2D eigenvalue weighted by molar-refractivity contribution is -0.142. The molecule has 0 saturated carbocycles. The average Bonchev–Trinajstić information content (AvgIpc) is 2.76. The summed E-state index contributed by atoms with van der Waals surface area (Å²) in [7, 11) is 1.29. The van der Waals surface area contributed by atoms with Crippen LogP contribution in [0.5, 0.6) is 0 Å². The minimum absolute atomic E-state index is 0.00933. The smallest absolute Gasteiger partial charge is 0.354 e. The van der Waals surface area contributed by atoms with E-state index in [1.807, 2.05) is 24.8 Å². The maximum atomic E-state index is 12.2. The van der Waals surface area contributed by atoms with Crippen molar-refractivity contribution >= 4 is 23.5 Å². The van der Waals surface area contributed by atoms with Crippen LogP contribution in [0, 0.1) is 11.3 Å². The third-order valence-corrected chi connectivity index (χ3v) is 4.83. The quantitative estimate of drug-likeness (QED) is 0.517. The Bertz CT molecular complexity index is 899. The van der Waals surface area contributed by atoms with Gasteiger partial charge in [-0.25, -0.2) is 9.78 Å². The summed E-state index contributed by atoms with van der Waals surface area (Å²) in [4.78, 5) is 35.3. The van der Waals surface area contributed by atoms with E-state index in [0.29, 0.717) is 36.5 Å². The number of carbonyl (C=O) groups is 2. The first-order chi connectivity index (χ1) is 14.8. The molecule has 1 unspecified atom stereocenters. The van der Waals surface area contributed by atoms with Gasteiger partial charge in [-0.15, -0.1) is 0 Å². The molecule has 1 aliphatic heterocycles. The van der Waals surface area contributed by atoms with Crippen molar-refractivity contribution in [1.29, 1.82) is 5.26 Å². The molecule has 1 aromatic heterocycles. The van der Waals surface area contributed by atoms with Crippen LogP contribution in [-0.4, -0.2) is 55.5 Å². The van der Waals surface area contributed by atoms with Gasteiger partial charge < -0.3 is 20.1 Å². The lowest BCUT2D eigenvalue weighted by Gasteiger charge is -2.32. The highest BCUT2D eigenvalue weighted by Gasteiger charge is 2.27. The summed E-state index contributed by atoms with van der Waals surface area (Å²) in [6, 6.07) is 5.62. The molecule has 0 aliphatic carbocycles. The van der Waals surface area contributed by atoms with E-state index in [4.69, 9.17) is 20.5 Å². The number of rotatable bonds is 7. The van der Waals surface area contributed by atoms with Crippen molar-refractivity contribution in [3.05, 3.63) is 35.2 Å². The monoisotopic (exact) mass is 427 g/mol. The number of esters is 2. The predicted octanol–water partition coefficient (Wildman–Crippen LogP) is 2.09. The number of carbonyl (C=O) groups excluding carboxylic acids is 2. The topological polar surface area (TPSA) is 131 Å². The van der Waals surface area contributed by atoms with Crippen LogP contribution in [0.15, 0.2) is 34.6 Å². The fraction of sp³-hybridized carbons (Fsp3) is 0.500. The Hall–Kier alpha value is -3.41. The van der Waals surface area contributed by atoms with E-state index in [0.717, 1.165) is 5.71 Å². The molecule has 0 bridgehead atoms. The van der Waals surface area contributed by atoms with E-state index >= 15 is 0 Å². The molecular formula is C22H29N5O4. The number of aliphatic imine (C=N–C) groups is 1. The Balaban J connectivity index is 2.31. The van der Waals surface area contributed by atoms with Gasteiger partial charge in [0.15, 0.2) is 0 Å². The molecule has 0 spiro atoms. The van der Waals surface area contributed by atoms with E-state index in [-0.39, 0.29) is 24.8 Å². The van der Waals surface area contributed by atoms with Crippen LogP contribution in [-0.2, 0) is 19.1 Å². The van der Waals surface area contributed by atoms with Gasteiger partial charge in [0, 0.05) is 43.0 Å². The Labute approximate surface area is 182 Å². The number of nitrogens with zero attached hydrogens (tertiary/aromatic N) is 4. The van der Waals surface area contributed by atoms with Gasteiger partial charge in [-0.3, -0.25) is 9.79 Å². The summed E-state index contributed by atoms with van der Waals surface area (Å²) in [5.74, 6) is -1.05. The van der Waals surface area contributed by atoms with E-state index in [9.17, 15) is 9.59 Å². The van der Waals surface area contributed by atoms with Crippen molar-refractivity contribution in [3.63, 3.8) is 0 Å². The summed E-state index contributed by atoms with van der Waals surface area (Å²) in [5, 5.41) is 9.00. The van der Waals surface area contributed by atoms with Crippen LogP contribution >= 0.6 is 0 Å². The molecule has 2 rings (SSSR count). The summed E-state index contributed by atoms with van der Waals surface area (Å²) >= 11 is 0. The van der Waals surface area contributed by atoms with Gasteiger partial charge in [-0.1, -0.05) is 6.07 Å². The van der Waals surface area contributed by atoms with E-state index in [2.05, 4.69) is 9.98 Å². The highest BCUT2D eigenvalue weighted by molar-refractivity contribution is 6.08. The zero-order valence-corrected chi connectivity index (χ0v) is 18.4. The highest BCUT2D eigenvalue weighted by Crippen LogP contribution is 2.25. The number of nitrogens with two attached hydrogens (primary N) is 1. The number of piperidine rings is 1. The number of anilines is 1. The number of hydrogen-bond donors (Lipinski definition) is 1. The summed E-state index contributed by atoms with van der Waals surface area (Å²) in [5.41, 5.74) is 8.23. The molecule has 1 aromatic rings. The third-order valence-electron chi connectivity index (χ3n) is 4.83. The Morgan fingerprint density at radius 1 is 1.39 bits per heavy atom.